The zero-order valence-electron chi connectivity index (χ0n) is 12.6. The fourth-order valence-corrected chi connectivity index (χ4v) is 7.47. The van der Waals surface area contributed by atoms with Crippen molar-refractivity contribution in [1.82, 2.24) is 0 Å². The Labute approximate surface area is 151 Å². The van der Waals surface area contributed by atoms with Gasteiger partial charge in [0.2, 0.25) is 0 Å². The molecule has 0 bridgehead atoms. The van der Waals surface area contributed by atoms with Crippen molar-refractivity contribution < 1.29 is 0 Å². The summed E-state index contributed by atoms with van der Waals surface area (Å²) in [4.78, 5) is 0. The first-order chi connectivity index (χ1) is 10.3. The summed E-state index contributed by atoms with van der Waals surface area (Å²) in [7, 11) is 0. The Hall–Kier alpha value is 1.75. The van der Waals surface area contributed by atoms with E-state index in [0.29, 0.717) is 0 Å². The summed E-state index contributed by atoms with van der Waals surface area (Å²) < 4.78 is 0. The van der Waals surface area contributed by atoms with Crippen molar-refractivity contribution in [1.29, 1.82) is 0 Å². The molecule has 4 heterocycles. The quantitative estimate of drug-likeness (QED) is 0.424. The minimum atomic E-state index is 0.979. The molecule has 0 aromatic carbocycles. The molecule has 4 saturated heterocycles. The maximum atomic E-state index is 2.42. The molecule has 5 heteroatoms. The van der Waals surface area contributed by atoms with Gasteiger partial charge in [0.05, 0.1) is 0 Å². The third kappa shape index (κ3) is 6.64. The second-order valence-corrected chi connectivity index (χ2v) is 13.8. The topological polar surface area (TPSA) is 0 Å². The third-order valence-electron chi connectivity index (χ3n) is 4.67. The Morgan fingerprint density at radius 3 is 1.38 bits per heavy atom. The summed E-state index contributed by atoms with van der Waals surface area (Å²) in [5, 5.41) is 6.10. The highest BCUT2D eigenvalue weighted by molar-refractivity contribution is 8.07. The van der Waals surface area contributed by atoms with E-state index in [0.717, 1.165) is 31.5 Å². The summed E-state index contributed by atoms with van der Waals surface area (Å²) in [6.45, 7) is 0. The first-order valence-electron chi connectivity index (χ1n) is 8.47. The van der Waals surface area contributed by atoms with E-state index in [-0.39, 0.29) is 0 Å². The van der Waals surface area contributed by atoms with Crippen LogP contribution >= 0.6 is 58.8 Å². The van der Waals surface area contributed by atoms with E-state index in [4.69, 9.17) is 0 Å². The number of hydrogen-bond donors (Lipinski definition) is 0. The standard InChI is InChI=1S/C16H26S5/c1(3-13-7-17-13)11(5-15-9-19-15)21-12(6-16-10-20-16)2-4-14-8-18-14/h11-16H,1-10H2. The molecule has 120 valence electrons. The fourth-order valence-electron chi connectivity index (χ4n) is 2.96. The molecule has 6 atom stereocenters. The van der Waals surface area contributed by atoms with Crippen molar-refractivity contribution >= 4 is 58.8 Å². The molecule has 0 aromatic heterocycles. The molecule has 4 aliphatic heterocycles. The molecule has 0 saturated carbocycles. The van der Waals surface area contributed by atoms with Crippen LogP contribution in [-0.2, 0) is 0 Å². The number of rotatable bonds is 12. The lowest BCUT2D eigenvalue weighted by Crippen LogP contribution is -2.16. The lowest BCUT2D eigenvalue weighted by Gasteiger charge is -2.23. The molecule has 6 unspecified atom stereocenters. The normalized spacial score (nSPS) is 38.9. The van der Waals surface area contributed by atoms with Crippen molar-refractivity contribution in [2.45, 2.75) is 70.0 Å². The van der Waals surface area contributed by atoms with Gasteiger partial charge in [0, 0.05) is 54.5 Å². The van der Waals surface area contributed by atoms with E-state index in [2.05, 4.69) is 58.8 Å². The number of thioether (sulfide) groups is 5. The molecule has 0 aliphatic carbocycles. The first kappa shape index (κ1) is 16.2. The van der Waals surface area contributed by atoms with E-state index in [1.807, 2.05) is 0 Å². The summed E-state index contributed by atoms with van der Waals surface area (Å²) in [5.41, 5.74) is 0. The summed E-state index contributed by atoms with van der Waals surface area (Å²) in [5.74, 6) is 5.82. The van der Waals surface area contributed by atoms with Crippen LogP contribution in [0.25, 0.3) is 0 Å². The monoisotopic (exact) mass is 378 g/mol. The van der Waals surface area contributed by atoms with E-state index in [1.165, 1.54) is 61.5 Å². The van der Waals surface area contributed by atoms with Crippen LogP contribution in [0.1, 0.15) is 38.5 Å². The van der Waals surface area contributed by atoms with Gasteiger partial charge in [-0.1, -0.05) is 0 Å². The third-order valence-corrected chi connectivity index (χ3v) is 10.4. The molecule has 21 heavy (non-hydrogen) atoms. The van der Waals surface area contributed by atoms with Crippen LogP contribution in [0.2, 0.25) is 0 Å². The van der Waals surface area contributed by atoms with Gasteiger partial charge in [-0.05, 0) is 38.5 Å². The second-order valence-electron chi connectivity index (χ2n) is 6.83. The van der Waals surface area contributed by atoms with Crippen molar-refractivity contribution in [3.05, 3.63) is 0 Å². The summed E-state index contributed by atoms with van der Waals surface area (Å²) in [6.07, 6.45) is 9.04. The maximum Gasteiger partial charge on any atom is 0.0149 e. The lowest BCUT2D eigenvalue weighted by molar-refractivity contribution is 0.650. The van der Waals surface area contributed by atoms with Crippen LogP contribution in [0.3, 0.4) is 0 Å². The van der Waals surface area contributed by atoms with E-state index >= 15 is 0 Å². The molecular weight excluding hydrogens is 353 g/mol. The van der Waals surface area contributed by atoms with Crippen LogP contribution in [-0.4, -0.2) is 54.5 Å². The smallest absolute Gasteiger partial charge is 0.0149 e. The Kier molecular flexibility index (Phi) is 5.99. The van der Waals surface area contributed by atoms with Gasteiger partial charge in [0.1, 0.15) is 0 Å². The predicted octanol–water partition coefficient (Wildman–Crippen LogP) is 5.26. The van der Waals surface area contributed by atoms with E-state index in [9.17, 15) is 0 Å². The largest absolute Gasteiger partial charge is 0.157 e. The highest BCUT2D eigenvalue weighted by Crippen LogP contribution is 2.45. The fraction of sp³-hybridized carbons (Fsp3) is 1.00. The molecule has 4 fully saturated rings. The van der Waals surface area contributed by atoms with Gasteiger partial charge < -0.3 is 0 Å². The average molecular weight is 379 g/mol. The van der Waals surface area contributed by atoms with Gasteiger partial charge in [0.25, 0.3) is 0 Å². The number of hydrogen-bond acceptors (Lipinski definition) is 5. The molecule has 0 radical (unpaired) electrons. The lowest BCUT2D eigenvalue weighted by atomic mass is 10.1. The Morgan fingerprint density at radius 2 is 1.05 bits per heavy atom. The van der Waals surface area contributed by atoms with Gasteiger partial charge in [-0.2, -0.15) is 58.8 Å². The summed E-state index contributed by atoms with van der Waals surface area (Å²) in [6, 6.07) is 0. The van der Waals surface area contributed by atoms with Gasteiger partial charge >= 0.3 is 0 Å². The Balaban J connectivity index is 1.25. The van der Waals surface area contributed by atoms with Crippen LogP contribution in [0.5, 0.6) is 0 Å². The molecule has 4 rings (SSSR count). The highest BCUT2D eigenvalue weighted by atomic mass is 32.2. The van der Waals surface area contributed by atoms with Crippen molar-refractivity contribution in [3.63, 3.8) is 0 Å². The molecular formula is C16H26S5. The Morgan fingerprint density at radius 1 is 0.667 bits per heavy atom. The van der Waals surface area contributed by atoms with Crippen molar-refractivity contribution in [2.24, 2.45) is 0 Å². The molecule has 4 aliphatic rings. The predicted molar refractivity (Wildman–Crippen MR) is 108 cm³/mol. The molecule has 0 spiro atoms. The van der Waals surface area contributed by atoms with Crippen LogP contribution < -0.4 is 0 Å². The van der Waals surface area contributed by atoms with E-state index in [1.54, 1.807) is 0 Å². The zero-order valence-corrected chi connectivity index (χ0v) is 16.7. The minimum absolute atomic E-state index is 0.979. The van der Waals surface area contributed by atoms with Crippen LogP contribution in [0.15, 0.2) is 0 Å². The minimum Gasteiger partial charge on any atom is -0.157 e. The first-order valence-corrected chi connectivity index (χ1v) is 13.6. The van der Waals surface area contributed by atoms with Gasteiger partial charge in [0.15, 0.2) is 0 Å². The van der Waals surface area contributed by atoms with Gasteiger partial charge in [-0.15, -0.1) is 0 Å². The molecule has 0 aromatic rings. The van der Waals surface area contributed by atoms with Gasteiger partial charge in [-0.3, -0.25) is 0 Å². The maximum absolute atomic E-state index is 2.42. The van der Waals surface area contributed by atoms with Crippen molar-refractivity contribution in [2.75, 3.05) is 23.0 Å². The van der Waals surface area contributed by atoms with Crippen LogP contribution in [0, 0.1) is 0 Å². The highest BCUT2D eigenvalue weighted by Gasteiger charge is 2.33. The average Bonchev–Trinajstić information content (AvgIpc) is 3.35. The molecule has 0 N–H and O–H groups in total. The van der Waals surface area contributed by atoms with Crippen molar-refractivity contribution in [3.8, 4) is 0 Å². The SMILES string of the molecule is C(CC(CC1CS1)SC(CCC1CS1)CC1CS1)C1CS1. The zero-order chi connectivity index (χ0) is 14.1. The molecule has 0 amide bonds. The van der Waals surface area contributed by atoms with Crippen LogP contribution in [0.4, 0.5) is 0 Å². The molecule has 0 nitrogen and oxygen atoms in total. The van der Waals surface area contributed by atoms with E-state index < -0.39 is 0 Å². The Bertz CT molecular complexity index is 302. The second kappa shape index (κ2) is 7.76. The summed E-state index contributed by atoms with van der Waals surface area (Å²) >= 11 is 11.2. The van der Waals surface area contributed by atoms with Gasteiger partial charge in [-0.25, -0.2) is 0 Å².